The second-order valence-corrected chi connectivity index (χ2v) is 25.1. The Morgan fingerprint density at radius 2 is 0.977 bits per heavy atom. The molecule has 23 heteroatoms. The summed E-state index contributed by atoms with van der Waals surface area (Å²) in [5, 5.41) is 43.3. The maximum absolute atomic E-state index is 14.2. The predicted molar refractivity (Wildman–Crippen MR) is 338 cm³/mol. The number of fused-ring (bicyclic) bond motifs is 6. The molecule has 12 rings (SSSR count). The van der Waals surface area contributed by atoms with Crippen molar-refractivity contribution in [2.24, 2.45) is 0 Å². The van der Waals surface area contributed by atoms with E-state index >= 15 is 0 Å². The number of aryl methyl sites for hydroxylation is 3. The number of rotatable bonds is 14. The molecule has 466 valence electrons. The van der Waals surface area contributed by atoms with Crippen LogP contribution >= 0.6 is 0 Å². The Morgan fingerprint density at radius 3 is 1.45 bits per heavy atom. The van der Waals surface area contributed by atoms with Gasteiger partial charge in [0.25, 0.3) is 17.7 Å². The molecule has 0 aliphatic carbocycles. The molecule has 0 saturated carbocycles. The average molecular weight is 1200 g/mol. The number of methoxy groups -OCH3 is 1. The summed E-state index contributed by atoms with van der Waals surface area (Å²) in [6, 6.07) is 15.6. The highest BCUT2D eigenvalue weighted by atomic mass is 16.7. The molecule has 0 bridgehead atoms. The quantitative estimate of drug-likeness (QED) is 0.0689. The maximum Gasteiger partial charge on any atom is 0.411 e. The first-order chi connectivity index (χ1) is 42.1. The molecule has 0 spiro atoms. The Kier molecular flexibility index (Phi) is 18.4. The standard InChI is InChI=1S/C45H56B2N4O9.C20H27BN2O5/c1-26-13-31(18-32(14-26)25-59-41-21-36-34(19-40(41)56-8)44(53)48-22-27(2)15-35(48)30(5)50(36)46(6)54)24-58-39-20-37-33(17-29(39)4)43(52)49-23-28(3)16-38(49)45(51(37)47(7)55)60-42-11-9-10-12-57-42;1-12-8-16-20(28-18-6-4-5-7-27-18)23(21(3)26)15-10-17(24)13(2)9-14(15)19(25)22(16)11-12/h13-14,17-21,30,35,38,42,45,54-55H,2-3,9-12,15-16,22-25H2,1,4-8H3;9-10,16,18,20,24,26H,1,4-8,11H2,2-3H3/t30-,35-,38-,42?,45-;16-,18?,20-/m00/s1. The van der Waals surface area contributed by atoms with Crippen molar-refractivity contribution in [1.82, 2.24) is 14.7 Å². The number of carbonyl (C=O) groups excluding carboxylic acids is 3. The summed E-state index contributed by atoms with van der Waals surface area (Å²) >= 11 is 0. The summed E-state index contributed by atoms with van der Waals surface area (Å²) < 4.78 is 43.5. The molecule has 8 aliphatic rings. The van der Waals surface area contributed by atoms with E-state index in [-0.39, 0.29) is 67.1 Å². The van der Waals surface area contributed by atoms with Gasteiger partial charge in [-0.15, -0.1) is 0 Å². The van der Waals surface area contributed by atoms with Crippen LogP contribution in [0, 0.1) is 20.8 Å². The molecule has 5 fully saturated rings. The zero-order valence-electron chi connectivity index (χ0n) is 52.0. The SMILES string of the molecule is C=C1C[C@H]2[C@H](C)N(B(C)O)c3cc(OCc4cc(C)cc(COc5cc6c(cc5C)C(=O)N5CC(=C)C[C@H]5[C@H](OC5CCCCO5)N6B(C)O)c4)c(OC)cc3C(=O)N2C1.C=C1C[C@H]2[C@H](OC3CCCCO3)N(B(C)O)c3cc(O)c(C)cc3C(=O)N2C1. The van der Waals surface area contributed by atoms with Gasteiger partial charge in [0, 0.05) is 74.2 Å². The molecule has 8 heterocycles. The van der Waals surface area contributed by atoms with Crippen molar-refractivity contribution in [2.75, 3.05) is 54.4 Å². The molecule has 0 radical (unpaired) electrons. The number of phenolic OH excluding ortho intramolecular Hbond substituents is 1. The number of phenols is 1. The molecule has 4 N–H and O–H groups in total. The fourth-order valence-electron chi connectivity index (χ4n) is 14.2. The predicted octanol–water partition coefficient (Wildman–Crippen LogP) is 8.40. The normalized spacial score (nSPS) is 24.9. The van der Waals surface area contributed by atoms with Crippen LogP contribution in [0.3, 0.4) is 0 Å². The maximum atomic E-state index is 14.2. The van der Waals surface area contributed by atoms with Crippen LogP contribution in [0.2, 0.25) is 20.5 Å². The number of hydrogen-bond donors (Lipinski definition) is 4. The zero-order valence-corrected chi connectivity index (χ0v) is 52.0. The van der Waals surface area contributed by atoms with Gasteiger partial charge in [-0.05, 0) is 152 Å². The van der Waals surface area contributed by atoms with Crippen molar-refractivity contribution in [1.29, 1.82) is 0 Å². The highest BCUT2D eigenvalue weighted by molar-refractivity contribution is 6.55. The van der Waals surface area contributed by atoms with Gasteiger partial charge in [0.05, 0.1) is 41.9 Å². The summed E-state index contributed by atoms with van der Waals surface area (Å²) in [5.41, 5.74) is 10.1. The summed E-state index contributed by atoms with van der Waals surface area (Å²) in [5.74, 6) is 1.13. The van der Waals surface area contributed by atoms with E-state index in [2.05, 4.69) is 25.8 Å². The first-order valence-corrected chi connectivity index (χ1v) is 31.0. The fraction of sp³-hybridized carbons (Fsp3) is 0.492. The lowest BCUT2D eigenvalue weighted by atomic mass is 9.80. The van der Waals surface area contributed by atoms with Gasteiger partial charge in [0.15, 0.2) is 24.1 Å². The number of nitrogens with zero attached hydrogens (tertiary/aromatic N) is 6. The number of amides is 3. The van der Waals surface area contributed by atoms with E-state index in [0.29, 0.717) is 109 Å². The van der Waals surface area contributed by atoms with Crippen molar-refractivity contribution in [3.63, 3.8) is 0 Å². The first-order valence-electron chi connectivity index (χ1n) is 31.0. The lowest BCUT2D eigenvalue weighted by molar-refractivity contribution is -0.194. The molecule has 88 heavy (non-hydrogen) atoms. The van der Waals surface area contributed by atoms with Crippen LogP contribution in [-0.4, -0.2) is 163 Å². The molecule has 0 aromatic heterocycles. The zero-order chi connectivity index (χ0) is 62.6. The van der Waals surface area contributed by atoms with Crippen LogP contribution in [0.25, 0.3) is 0 Å². The Balaban J connectivity index is 0.000000238. The molecular weight excluding hydrogens is 1120 g/mol. The van der Waals surface area contributed by atoms with E-state index in [4.69, 9.17) is 33.2 Å². The molecular formula is C65H83B3N6O14. The number of ether oxygens (including phenoxy) is 7. The molecule has 5 saturated heterocycles. The average Bonchev–Trinajstić information content (AvgIpc) is 1.97. The van der Waals surface area contributed by atoms with Crippen molar-refractivity contribution in [2.45, 2.75) is 168 Å². The lowest BCUT2D eigenvalue weighted by Crippen LogP contribution is -2.56. The number of aromatic hydroxyl groups is 1. The topological polar surface area (TPSA) is 216 Å². The Bertz CT molecular complexity index is 3370. The van der Waals surface area contributed by atoms with Crippen molar-refractivity contribution >= 4 is 55.9 Å². The van der Waals surface area contributed by atoms with Gasteiger partial charge in [-0.25, -0.2) is 0 Å². The van der Waals surface area contributed by atoms with Gasteiger partial charge in [-0.2, -0.15) is 0 Å². The Hall–Kier alpha value is -6.98. The lowest BCUT2D eigenvalue weighted by Gasteiger charge is -2.40. The third kappa shape index (κ3) is 12.4. The van der Waals surface area contributed by atoms with E-state index in [0.717, 1.165) is 77.5 Å². The van der Waals surface area contributed by atoms with Crippen molar-refractivity contribution < 1.29 is 67.7 Å². The van der Waals surface area contributed by atoms with Crippen LogP contribution in [0.4, 0.5) is 17.1 Å². The van der Waals surface area contributed by atoms with Gasteiger partial charge in [0.1, 0.15) is 37.2 Å². The minimum absolute atomic E-state index is 0.0799. The van der Waals surface area contributed by atoms with Gasteiger partial charge < -0.3 is 82.5 Å². The van der Waals surface area contributed by atoms with Crippen LogP contribution < -0.4 is 28.6 Å². The van der Waals surface area contributed by atoms with Gasteiger partial charge in [-0.1, -0.05) is 54.2 Å². The van der Waals surface area contributed by atoms with Gasteiger partial charge in [-0.3, -0.25) is 14.4 Å². The molecule has 20 nitrogen and oxygen atoms in total. The van der Waals surface area contributed by atoms with Gasteiger partial charge >= 0.3 is 21.2 Å². The minimum Gasteiger partial charge on any atom is -0.508 e. The smallest absolute Gasteiger partial charge is 0.411 e. The summed E-state index contributed by atoms with van der Waals surface area (Å²) in [6.07, 6.45) is 5.25. The van der Waals surface area contributed by atoms with Crippen LogP contribution in [-0.2, 0) is 32.2 Å². The van der Waals surface area contributed by atoms with Crippen LogP contribution in [0.15, 0.2) is 91.1 Å². The third-order valence-electron chi connectivity index (χ3n) is 18.3. The van der Waals surface area contributed by atoms with Crippen LogP contribution in [0.5, 0.6) is 23.0 Å². The highest BCUT2D eigenvalue weighted by Crippen LogP contribution is 2.45. The number of benzene rings is 4. The van der Waals surface area contributed by atoms with E-state index in [9.17, 15) is 34.6 Å². The van der Waals surface area contributed by atoms with E-state index in [1.807, 2.05) is 59.6 Å². The molecule has 2 unspecified atom stereocenters. The number of anilines is 3. The molecule has 8 aliphatic heterocycles. The highest BCUT2D eigenvalue weighted by Gasteiger charge is 2.50. The first kappa shape index (κ1) is 62.6. The number of hydrogen-bond acceptors (Lipinski definition) is 17. The fourth-order valence-corrected chi connectivity index (χ4v) is 14.2. The molecule has 4 aromatic rings. The van der Waals surface area contributed by atoms with Crippen LogP contribution in [0.1, 0.15) is 124 Å². The summed E-state index contributed by atoms with van der Waals surface area (Å²) in [6.45, 7) is 28.2. The van der Waals surface area contributed by atoms with E-state index < -0.39 is 39.9 Å². The third-order valence-corrected chi connectivity index (χ3v) is 18.3. The molecule has 3 amide bonds. The van der Waals surface area contributed by atoms with Crippen molar-refractivity contribution in [3.05, 3.63) is 136 Å². The van der Waals surface area contributed by atoms with E-state index in [1.165, 1.54) is 0 Å². The second kappa shape index (κ2) is 25.9. The monoisotopic (exact) mass is 1200 g/mol. The Morgan fingerprint density at radius 1 is 0.545 bits per heavy atom. The largest absolute Gasteiger partial charge is 0.508 e. The second-order valence-electron chi connectivity index (χ2n) is 25.1. The Labute approximate surface area is 517 Å². The molecule has 8 atom stereocenters. The summed E-state index contributed by atoms with van der Waals surface area (Å²) in [4.78, 5) is 52.2. The number of carbonyl (C=O) groups is 3. The molecule has 4 aromatic carbocycles. The minimum atomic E-state index is -0.982. The van der Waals surface area contributed by atoms with Crippen molar-refractivity contribution in [3.8, 4) is 23.0 Å². The summed E-state index contributed by atoms with van der Waals surface area (Å²) in [7, 11) is -1.21. The van der Waals surface area contributed by atoms with Gasteiger partial charge in [0.2, 0.25) is 0 Å². The van der Waals surface area contributed by atoms with E-state index in [1.54, 1.807) is 73.3 Å².